The summed E-state index contributed by atoms with van der Waals surface area (Å²) in [5.41, 5.74) is 5.19. The molecule has 0 unspecified atom stereocenters. The predicted octanol–water partition coefficient (Wildman–Crippen LogP) is 1.16. The van der Waals surface area contributed by atoms with Gasteiger partial charge in [0.05, 0.1) is 6.20 Å². The Morgan fingerprint density at radius 2 is 2.24 bits per heavy atom. The van der Waals surface area contributed by atoms with Crippen LogP contribution in [0.5, 0.6) is 5.75 Å². The van der Waals surface area contributed by atoms with Gasteiger partial charge >= 0.3 is 0 Å². The van der Waals surface area contributed by atoms with Crippen LogP contribution in [-0.4, -0.2) is 22.9 Å². The summed E-state index contributed by atoms with van der Waals surface area (Å²) < 4.78 is 6.71. The van der Waals surface area contributed by atoms with Crippen LogP contribution in [0.4, 0.5) is 0 Å². The van der Waals surface area contributed by atoms with Gasteiger partial charge in [-0.25, -0.2) is 4.68 Å². The van der Waals surface area contributed by atoms with Gasteiger partial charge in [-0.3, -0.25) is 4.79 Å². The SMILES string of the molecule is CCCCCCn1ncc(OCCN)cc1=O. The fourth-order valence-corrected chi connectivity index (χ4v) is 1.53. The molecule has 0 aromatic carbocycles. The standard InChI is InChI=1S/C12H21N3O2/c1-2-3-4-5-7-15-12(16)9-11(10-14-15)17-8-6-13/h9-10H,2-8,13H2,1H3. The molecule has 1 aromatic rings. The van der Waals surface area contributed by atoms with Crippen molar-refractivity contribution < 1.29 is 4.74 Å². The zero-order valence-corrected chi connectivity index (χ0v) is 10.4. The van der Waals surface area contributed by atoms with Crippen molar-refractivity contribution in [3.63, 3.8) is 0 Å². The van der Waals surface area contributed by atoms with Crippen LogP contribution in [0.2, 0.25) is 0 Å². The van der Waals surface area contributed by atoms with Crippen LogP contribution in [0.1, 0.15) is 32.6 Å². The topological polar surface area (TPSA) is 70.1 Å². The van der Waals surface area contributed by atoms with E-state index in [4.69, 9.17) is 10.5 Å². The lowest BCUT2D eigenvalue weighted by atomic mass is 10.2. The number of aryl methyl sites for hydroxylation is 1. The molecule has 0 amide bonds. The van der Waals surface area contributed by atoms with Crippen LogP contribution >= 0.6 is 0 Å². The van der Waals surface area contributed by atoms with Gasteiger partial charge < -0.3 is 10.5 Å². The van der Waals surface area contributed by atoms with E-state index < -0.39 is 0 Å². The molecule has 0 aliphatic rings. The highest BCUT2D eigenvalue weighted by Crippen LogP contribution is 2.04. The Morgan fingerprint density at radius 1 is 1.41 bits per heavy atom. The summed E-state index contributed by atoms with van der Waals surface area (Å²) in [5.74, 6) is 0.491. The Hall–Kier alpha value is -1.36. The van der Waals surface area contributed by atoms with Crippen molar-refractivity contribution in [2.45, 2.75) is 39.2 Å². The van der Waals surface area contributed by atoms with Gasteiger partial charge in [-0.05, 0) is 6.42 Å². The summed E-state index contributed by atoms with van der Waals surface area (Å²) >= 11 is 0. The molecule has 2 N–H and O–H groups in total. The zero-order chi connectivity index (χ0) is 12.5. The van der Waals surface area contributed by atoms with E-state index in [0.29, 0.717) is 25.4 Å². The summed E-state index contributed by atoms with van der Waals surface area (Å²) in [5, 5.41) is 4.07. The van der Waals surface area contributed by atoms with Crippen molar-refractivity contribution in [2.24, 2.45) is 5.73 Å². The van der Waals surface area contributed by atoms with E-state index in [1.807, 2.05) is 0 Å². The third kappa shape index (κ3) is 4.99. The molecule has 96 valence electrons. The molecule has 0 saturated heterocycles. The second-order valence-electron chi connectivity index (χ2n) is 3.95. The van der Waals surface area contributed by atoms with Crippen LogP contribution < -0.4 is 16.0 Å². The van der Waals surface area contributed by atoms with E-state index in [9.17, 15) is 4.79 Å². The maximum absolute atomic E-state index is 11.7. The molecular weight excluding hydrogens is 218 g/mol. The van der Waals surface area contributed by atoms with Crippen LogP contribution in [0.25, 0.3) is 0 Å². The minimum absolute atomic E-state index is 0.115. The first kappa shape index (κ1) is 13.7. The van der Waals surface area contributed by atoms with E-state index >= 15 is 0 Å². The third-order valence-electron chi connectivity index (χ3n) is 2.45. The molecule has 0 fully saturated rings. The molecule has 0 bridgehead atoms. The molecule has 0 saturated carbocycles. The molecule has 0 aliphatic heterocycles. The molecule has 5 nitrogen and oxygen atoms in total. The van der Waals surface area contributed by atoms with Gasteiger partial charge in [-0.2, -0.15) is 5.10 Å². The monoisotopic (exact) mass is 239 g/mol. The van der Waals surface area contributed by atoms with Crippen molar-refractivity contribution in [1.82, 2.24) is 9.78 Å². The maximum Gasteiger partial charge on any atom is 0.270 e. The van der Waals surface area contributed by atoms with Crippen molar-refractivity contribution in [3.8, 4) is 5.75 Å². The lowest BCUT2D eigenvalue weighted by Gasteiger charge is -2.06. The number of nitrogens with zero attached hydrogens (tertiary/aromatic N) is 2. The lowest BCUT2D eigenvalue weighted by Crippen LogP contribution is -2.22. The summed E-state index contributed by atoms with van der Waals surface area (Å²) in [7, 11) is 0. The minimum atomic E-state index is -0.115. The molecule has 0 spiro atoms. The summed E-state index contributed by atoms with van der Waals surface area (Å²) in [4.78, 5) is 11.7. The number of nitrogens with two attached hydrogens (primary N) is 1. The van der Waals surface area contributed by atoms with E-state index in [0.717, 1.165) is 12.8 Å². The Labute approximate surface area is 102 Å². The van der Waals surface area contributed by atoms with Crippen molar-refractivity contribution in [3.05, 3.63) is 22.6 Å². The molecule has 5 heteroatoms. The second kappa shape index (κ2) is 7.84. The Balaban J connectivity index is 2.48. The van der Waals surface area contributed by atoms with Crippen molar-refractivity contribution in [1.29, 1.82) is 0 Å². The number of ether oxygens (including phenoxy) is 1. The third-order valence-corrected chi connectivity index (χ3v) is 2.45. The Bertz CT molecular complexity index is 376. The molecular formula is C12H21N3O2. The second-order valence-corrected chi connectivity index (χ2v) is 3.95. The van der Waals surface area contributed by atoms with Crippen LogP contribution in [0.3, 0.4) is 0 Å². The predicted molar refractivity (Wildman–Crippen MR) is 67.2 cm³/mol. The largest absolute Gasteiger partial charge is 0.490 e. The fraction of sp³-hybridized carbons (Fsp3) is 0.667. The molecule has 0 atom stereocenters. The van der Waals surface area contributed by atoms with Gasteiger partial charge in [0.15, 0.2) is 0 Å². The quantitative estimate of drug-likeness (QED) is 0.691. The molecule has 1 heterocycles. The number of aromatic nitrogens is 2. The number of rotatable bonds is 8. The van der Waals surface area contributed by atoms with Gasteiger partial charge in [-0.1, -0.05) is 26.2 Å². The molecule has 1 rings (SSSR count). The average Bonchev–Trinajstić information content (AvgIpc) is 2.34. The highest BCUT2D eigenvalue weighted by molar-refractivity contribution is 5.13. The zero-order valence-electron chi connectivity index (χ0n) is 10.4. The lowest BCUT2D eigenvalue weighted by molar-refractivity contribution is 0.323. The minimum Gasteiger partial charge on any atom is -0.490 e. The molecule has 0 aliphatic carbocycles. The summed E-state index contributed by atoms with van der Waals surface area (Å²) in [6.45, 7) is 3.67. The fourth-order valence-electron chi connectivity index (χ4n) is 1.53. The van der Waals surface area contributed by atoms with Gasteiger partial charge in [0, 0.05) is 19.2 Å². The van der Waals surface area contributed by atoms with Gasteiger partial charge in [0.25, 0.3) is 5.56 Å². The van der Waals surface area contributed by atoms with Crippen LogP contribution in [-0.2, 0) is 6.54 Å². The smallest absolute Gasteiger partial charge is 0.270 e. The summed E-state index contributed by atoms with van der Waals surface area (Å²) in [6, 6.07) is 1.46. The van der Waals surface area contributed by atoms with E-state index in [1.165, 1.54) is 23.6 Å². The maximum atomic E-state index is 11.7. The summed E-state index contributed by atoms with van der Waals surface area (Å²) in [6.07, 6.45) is 6.08. The van der Waals surface area contributed by atoms with Crippen molar-refractivity contribution in [2.75, 3.05) is 13.2 Å². The van der Waals surface area contributed by atoms with Crippen LogP contribution in [0.15, 0.2) is 17.1 Å². The van der Waals surface area contributed by atoms with Gasteiger partial charge in [-0.15, -0.1) is 0 Å². The van der Waals surface area contributed by atoms with Crippen molar-refractivity contribution >= 4 is 0 Å². The number of unbranched alkanes of at least 4 members (excludes halogenated alkanes) is 3. The Kier molecular flexibility index (Phi) is 6.32. The van der Waals surface area contributed by atoms with E-state index in [-0.39, 0.29) is 5.56 Å². The van der Waals surface area contributed by atoms with Gasteiger partial charge in [0.2, 0.25) is 0 Å². The molecule has 1 aromatic heterocycles. The first-order valence-corrected chi connectivity index (χ1v) is 6.18. The van der Waals surface area contributed by atoms with E-state index in [2.05, 4.69) is 12.0 Å². The highest BCUT2D eigenvalue weighted by atomic mass is 16.5. The number of hydrogen-bond donors (Lipinski definition) is 1. The molecule has 17 heavy (non-hydrogen) atoms. The highest BCUT2D eigenvalue weighted by Gasteiger charge is 2.00. The average molecular weight is 239 g/mol. The van der Waals surface area contributed by atoms with Crippen LogP contribution in [0, 0.1) is 0 Å². The normalized spacial score (nSPS) is 10.5. The Morgan fingerprint density at radius 3 is 2.88 bits per heavy atom. The molecule has 0 radical (unpaired) electrons. The first-order chi connectivity index (χ1) is 8.27. The number of hydrogen-bond acceptors (Lipinski definition) is 4. The first-order valence-electron chi connectivity index (χ1n) is 6.18. The van der Waals surface area contributed by atoms with E-state index in [1.54, 1.807) is 6.20 Å². The van der Waals surface area contributed by atoms with Gasteiger partial charge in [0.1, 0.15) is 12.4 Å².